The predicted molar refractivity (Wildman–Crippen MR) is 126 cm³/mol. The number of hydrogen-bond acceptors (Lipinski definition) is 5. The van der Waals surface area contributed by atoms with E-state index in [1.807, 2.05) is 38.1 Å². The molecule has 0 aromatic heterocycles. The van der Waals surface area contributed by atoms with Gasteiger partial charge in [-0.2, -0.15) is 0 Å². The number of methoxy groups -OCH3 is 1. The lowest BCUT2D eigenvalue weighted by Gasteiger charge is -2.35. The number of hydrogen-bond donors (Lipinski definition) is 1. The van der Waals surface area contributed by atoms with E-state index in [1.165, 1.54) is 4.31 Å². The summed E-state index contributed by atoms with van der Waals surface area (Å²) >= 11 is 0. The van der Waals surface area contributed by atoms with Gasteiger partial charge < -0.3 is 14.8 Å². The monoisotopic (exact) mass is 466 g/mol. The molecule has 3 aromatic rings. The Labute approximate surface area is 194 Å². The van der Waals surface area contributed by atoms with Crippen molar-refractivity contribution in [3.8, 4) is 11.5 Å². The number of carbonyl (C=O) groups excluding carboxylic acids is 1. The van der Waals surface area contributed by atoms with E-state index < -0.39 is 22.0 Å². The fourth-order valence-corrected chi connectivity index (χ4v) is 5.29. The van der Waals surface area contributed by atoms with E-state index in [1.54, 1.807) is 55.6 Å². The van der Waals surface area contributed by atoms with Crippen molar-refractivity contribution in [1.29, 1.82) is 0 Å². The number of para-hydroxylation sites is 3. The minimum absolute atomic E-state index is 0.141. The van der Waals surface area contributed by atoms with Crippen molar-refractivity contribution in [1.82, 2.24) is 5.32 Å². The molecule has 0 fully saturated rings. The molecule has 2 atom stereocenters. The van der Waals surface area contributed by atoms with Crippen molar-refractivity contribution in [3.05, 3.63) is 83.9 Å². The number of amides is 1. The minimum atomic E-state index is -3.90. The third-order valence-corrected chi connectivity index (χ3v) is 7.39. The molecule has 0 saturated heterocycles. The van der Waals surface area contributed by atoms with Crippen molar-refractivity contribution in [2.24, 2.45) is 0 Å². The average molecular weight is 467 g/mol. The molecular formula is C25H26N2O5S. The van der Waals surface area contributed by atoms with Gasteiger partial charge in [0.25, 0.3) is 15.9 Å². The summed E-state index contributed by atoms with van der Waals surface area (Å²) in [5.74, 6) is 0.584. The lowest BCUT2D eigenvalue weighted by atomic mass is 10.1. The largest absolute Gasteiger partial charge is 0.496 e. The summed E-state index contributed by atoms with van der Waals surface area (Å²) < 4.78 is 39.5. The lowest BCUT2D eigenvalue weighted by molar-refractivity contribution is -0.128. The molecule has 0 spiro atoms. The van der Waals surface area contributed by atoms with Crippen molar-refractivity contribution in [3.63, 3.8) is 0 Å². The molecule has 0 radical (unpaired) electrons. The van der Waals surface area contributed by atoms with Crippen LogP contribution in [-0.2, 0) is 14.8 Å². The van der Waals surface area contributed by atoms with E-state index in [0.29, 0.717) is 17.2 Å². The van der Waals surface area contributed by atoms with Gasteiger partial charge in [0.15, 0.2) is 6.10 Å². The quantitative estimate of drug-likeness (QED) is 0.597. The second kappa shape index (κ2) is 9.15. The fourth-order valence-electron chi connectivity index (χ4n) is 3.81. The molecule has 4 rings (SSSR count). The zero-order valence-electron chi connectivity index (χ0n) is 18.7. The van der Waals surface area contributed by atoms with E-state index in [0.717, 1.165) is 11.1 Å². The molecule has 0 aliphatic carbocycles. The van der Waals surface area contributed by atoms with Crippen LogP contribution in [0.15, 0.2) is 77.7 Å². The van der Waals surface area contributed by atoms with Crippen LogP contribution >= 0.6 is 0 Å². The Morgan fingerprint density at radius 1 is 1.06 bits per heavy atom. The van der Waals surface area contributed by atoms with Gasteiger partial charge in [-0.25, -0.2) is 8.42 Å². The molecule has 0 bridgehead atoms. The van der Waals surface area contributed by atoms with Gasteiger partial charge >= 0.3 is 0 Å². The smallest absolute Gasteiger partial charge is 0.264 e. The van der Waals surface area contributed by atoms with E-state index in [4.69, 9.17) is 9.47 Å². The fraction of sp³-hybridized carbons (Fsp3) is 0.240. The molecule has 1 amide bonds. The molecule has 1 aliphatic heterocycles. The van der Waals surface area contributed by atoms with Crippen molar-refractivity contribution in [2.45, 2.75) is 30.9 Å². The number of carbonyl (C=O) groups is 1. The van der Waals surface area contributed by atoms with Crippen LogP contribution in [0.25, 0.3) is 0 Å². The Hall–Kier alpha value is -3.52. The van der Waals surface area contributed by atoms with Crippen molar-refractivity contribution >= 4 is 21.6 Å². The van der Waals surface area contributed by atoms with Crippen LogP contribution in [0.4, 0.5) is 5.69 Å². The second-order valence-corrected chi connectivity index (χ2v) is 9.76. The molecule has 1 aliphatic rings. The molecule has 172 valence electrons. The molecule has 7 nitrogen and oxygen atoms in total. The highest BCUT2D eigenvalue weighted by Crippen LogP contribution is 2.37. The summed E-state index contributed by atoms with van der Waals surface area (Å²) in [5.41, 5.74) is 2.17. The van der Waals surface area contributed by atoms with Crippen molar-refractivity contribution in [2.75, 3.05) is 18.0 Å². The molecule has 0 saturated carbocycles. The van der Waals surface area contributed by atoms with E-state index in [9.17, 15) is 13.2 Å². The summed E-state index contributed by atoms with van der Waals surface area (Å²) in [7, 11) is -2.32. The first-order valence-electron chi connectivity index (χ1n) is 10.6. The Morgan fingerprint density at radius 3 is 2.45 bits per heavy atom. The average Bonchev–Trinajstić information content (AvgIpc) is 2.83. The first kappa shape index (κ1) is 22.7. The SMILES string of the molecule is COc1ccccc1[C@@H](C)NC(=O)[C@H]1CN(S(=O)(=O)c2ccc(C)cc2)c2ccccc2O1. The summed E-state index contributed by atoms with van der Waals surface area (Å²) in [6, 6.07) is 20.5. The number of ether oxygens (including phenoxy) is 2. The molecular weight excluding hydrogens is 440 g/mol. The number of sulfonamides is 1. The zero-order chi connectivity index (χ0) is 23.6. The normalized spacial score (nSPS) is 16.3. The van der Waals surface area contributed by atoms with Gasteiger partial charge in [-0.3, -0.25) is 9.10 Å². The highest BCUT2D eigenvalue weighted by atomic mass is 32.2. The summed E-state index contributed by atoms with van der Waals surface area (Å²) in [4.78, 5) is 13.3. The molecule has 8 heteroatoms. The second-order valence-electron chi connectivity index (χ2n) is 7.90. The molecule has 3 aromatic carbocycles. The van der Waals surface area contributed by atoms with Crippen LogP contribution in [0.3, 0.4) is 0 Å². The van der Waals surface area contributed by atoms with Crippen LogP contribution in [0.5, 0.6) is 11.5 Å². The van der Waals surface area contributed by atoms with Crippen LogP contribution in [0, 0.1) is 6.92 Å². The summed E-state index contributed by atoms with van der Waals surface area (Å²) in [5, 5.41) is 2.93. The predicted octanol–water partition coefficient (Wildman–Crippen LogP) is 3.84. The number of fused-ring (bicyclic) bond motifs is 1. The molecule has 33 heavy (non-hydrogen) atoms. The number of rotatable bonds is 6. The lowest BCUT2D eigenvalue weighted by Crippen LogP contribution is -2.51. The van der Waals surface area contributed by atoms with Gasteiger partial charge in [0.2, 0.25) is 0 Å². The topological polar surface area (TPSA) is 84.9 Å². The zero-order valence-corrected chi connectivity index (χ0v) is 19.5. The Bertz CT molecular complexity index is 1260. The van der Waals surface area contributed by atoms with Gasteiger partial charge in [-0.15, -0.1) is 0 Å². The first-order chi connectivity index (χ1) is 15.8. The van der Waals surface area contributed by atoms with Crippen LogP contribution in [0.1, 0.15) is 24.1 Å². The maximum absolute atomic E-state index is 13.5. The van der Waals surface area contributed by atoms with Gasteiger partial charge in [-0.05, 0) is 44.2 Å². The molecule has 1 heterocycles. The van der Waals surface area contributed by atoms with Crippen molar-refractivity contribution < 1.29 is 22.7 Å². The number of nitrogens with zero attached hydrogens (tertiary/aromatic N) is 1. The number of nitrogens with one attached hydrogen (secondary N) is 1. The number of benzene rings is 3. The number of aryl methyl sites for hydroxylation is 1. The maximum atomic E-state index is 13.5. The van der Waals surface area contributed by atoms with E-state index in [2.05, 4.69) is 5.32 Å². The van der Waals surface area contributed by atoms with E-state index >= 15 is 0 Å². The molecule has 1 N–H and O–H groups in total. The van der Waals surface area contributed by atoms with Gasteiger partial charge in [0, 0.05) is 5.56 Å². The highest BCUT2D eigenvalue weighted by Gasteiger charge is 2.37. The van der Waals surface area contributed by atoms with Gasteiger partial charge in [-0.1, -0.05) is 48.0 Å². The first-order valence-corrected chi connectivity index (χ1v) is 12.0. The van der Waals surface area contributed by atoms with Gasteiger partial charge in [0.05, 0.1) is 30.3 Å². The Balaban J connectivity index is 1.62. The summed E-state index contributed by atoms with van der Waals surface area (Å²) in [6.07, 6.45) is -1.02. The standard InChI is InChI=1S/C25H26N2O5S/c1-17-12-14-19(15-13-17)33(29,30)27-16-24(32-23-11-7-5-9-21(23)27)25(28)26-18(2)20-8-4-6-10-22(20)31-3/h4-15,18,24H,16H2,1-3H3,(H,26,28)/t18-,24-/m1/s1. The highest BCUT2D eigenvalue weighted by molar-refractivity contribution is 7.92. The Kier molecular flexibility index (Phi) is 6.29. The Morgan fingerprint density at radius 2 is 1.73 bits per heavy atom. The van der Waals surface area contributed by atoms with Crippen LogP contribution < -0.4 is 19.1 Å². The third-order valence-electron chi connectivity index (χ3n) is 5.60. The number of anilines is 1. The van der Waals surface area contributed by atoms with E-state index in [-0.39, 0.29) is 17.5 Å². The molecule has 0 unspecified atom stereocenters. The maximum Gasteiger partial charge on any atom is 0.264 e. The van der Waals surface area contributed by atoms with Crippen LogP contribution in [-0.4, -0.2) is 34.1 Å². The van der Waals surface area contributed by atoms with Crippen LogP contribution in [0.2, 0.25) is 0 Å². The van der Waals surface area contributed by atoms with Gasteiger partial charge in [0.1, 0.15) is 11.5 Å². The minimum Gasteiger partial charge on any atom is -0.496 e. The third kappa shape index (κ3) is 4.52. The summed E-state index contributed by atoms with van der Waals surface area (Å²) in [6.45, 7) is 3.59.